The Labute approximate surface area is 182 Å². The number of carbonyl (C=O) groups is 2. The van der Waals surface area contributed by atoms with Gasteiger partial charge < -0.3 is 5.32 Å². The Morgan fingerprint density at radius 3 is 2.40 bits per heavy atom. The fraction of sp³-hybridized carbons (Fsp3) is 0.0455. The van der Waals surface area contributed by atoms with E-state index >= 15 is 0 Å². The molecule has 0 aliphatic rings. The summed E-state index contributed by atoms with van der Waals surface area (Å²) in [6.07, 6.45) is 0. The summed E-state index contributed by atoms with van der Waals surface area (Å²) in [5.74, 6) is -1.68. The van der Waals surface area contributed by atoms with Gasteiger partial charge in [-0.3, -0.25) is 9.59 Å². The van der Waals surface area contributed by atoms with E-state index in [4.69, 9.17) is 23.2 Å². The molecule has 0 saturated carbocycles. The molecule has 0 aliphatic heterocycles. The lowest BCUT2D eigenvalue weighted by Crippen LogP contribution is -2.20. The smallest absolute Gasteiger partial charge is 0.274 e. The number of hydrogen-bond donors (Lipinski definition) is 2. The van der Waals surface area contributed by atoms with Crippen molar-refractivity contribution in [3.8, 4) is 0 Å². The van der Waals surface area contributed by atoms with Crippen molar-refractivity contribution < 1.29 is 14.0 Å². The van der Waals surface area contributed by atoms with Crippen molar-refractivity contribution in [2.45, 2.75) is 6.92 Å². The van der Waals surface area contributed by atoms with Crippen LogP contribution in [0.1, 0.15) is 33.2 Å². The molecular formula is C22H16Cl2FN3O2. The van der Waals surface area contributed by atoms with E-state index in [2.05, 4.69) is 15.8 Å². The second-order valence-electron chi connectivity index (χ2n) is 6.28. The summed E-state index contributed by atoms with van der Waals surface area (Å²) in [5.41, 5.74) is 4.15. The van der Waals surface area contributed by atoms with Gasteiger partial charge in [-0.1, -0.05) is 47.5 Å². The lowest BCUT2D eigenvalue weighted by Gasteiger charge is -2.09. The Kier molecular flexibility index (Phi) is 6.82. The van der Waals surface area contributed by atoms with Crippen molar-refractivity contribution in [1.29, 1.82) is 0 Å². The van der Waals surface area contributed by atoms with Crippen LogP contribution in [0.5, 0.6) is 0 Å². The summed E-state index contributed by atoms with van der Waals surface area (Å²) >= 11 is 11.9. The summed E-state index contributed by atoms with van der Waals surface area (Å²) in [6.45, 7) is 1.68. The minimum absolute atomic E-state index is 0.102. The first kappa shape index (κ1) is 21.5. The number of amides is 2. The van der Waals surface area contributed by atoms with Gasteiger partial charge in [0.15, 0.2) is 0 Å². The fourth-order valence-corrected chi connectivity index (χ4v) is 3.09. The van der Waals surface area contributed by atoms with Gasteiger partial charge in [-0.15, -0.1) is 0 Å². The standard InChI is InChI=1S/C22H16Cl2FN3O2/c1-13(27-28-22(30)18-7-2-3-8-20(18)25)14-5-4-6-16(11-14)26-21(29)17-10-9-15(23)12-19(17)24/h2-12H,1H3,(H,26,29)(H,28,30)/b27-13-. The zero-order valence-electron chi connectivity index (χ0n) is 15.7. The van der Waals surface area contributed by atoms with Crippen molar-refractivity contribution in [2.75, 3.05) is 5.32 Å². The molecule has 2 N–H and O–H groups in total. The van der Waals surface area contributed by atoms with Crippen LogP contribution in [0.15, 0.2) is 71.8 Å². The van der Waals surface area contributed by atoms with Crippen LogP contribution < -0.4 is 10.7 Å². The molecule has 0 aliphatic carbocycles. The number of hydrogen-bond acceptors (Lipinski definition) is 3. The summed E-state index contributed by atoms with van der Waals surface area (Å²) in [6, 6.07) is 17.1. The minimum atomic E-state index is -0.658. The average Bonchev–Trinajstić information content (AvgIpc) is 2.72. The van der Waals surface area contributed by atoms with Gasteiger partial charge in [-0.2, -0.15) is 5.10 Å². The molecule has 0 heterocycles. The van der Waals surface area contributed by atoms with Gasteiger partial charge in [-0.25, -0.2) is 9.82 Å². The van der Waals surface area contributed by atoms with Crippen molar-refractivity contribution in [2.24, 2.45) is 5.10 Å². The van der Waals surface area contributed by atoms with E-state index < -0.39 is 17.6 Å². The van der Waals surface area contributed by atoms with E-state index in [1.54, 1.807) is 43.3 Å². The van der Waals surface area contributed by atoms with Crippen LogP contribution in [-0.4, -0.2) is 17.5 Å². The van der Waals surface area contributed by atoms with Gasteiger partial charge in [-0.05, 0) is 55.0 Å². The molecule has 0 atom stereocenters. The zero-order valence-corrected chi connectivity index (χ0v) is 17.3. The van der Waals surface area contributed by atoms with Crippen LogP contribution in [0.25, 0.3) is 0 Å². The quantitative estimate of drug-likeness (QED) is 0.401. The van der Waals surface area contributed by atoms with Gasteiger partial charge >= 0.3 is 0 Å². The maximum atomic E-state index is 13.7. The summed E-state index contributed by atoms with van der Waals surface area (Å²) in [7, 11) is 0. The van der Waals surface area contributed by atoms with Gasteiger partial charge in [0.25, 0.3) is 11.8 Å². The number of rotatable bonds is 5. The SMILES string of the molecule is C/C(=N/NC(=O)c1ccccc1F)c1cccc(NC(=O)c2ccc(Cl)cc2Cl)c1. The molecule has 0 aromatic heterocycles. The van der Waals surface area contributed by atoms with Gasteiger partial charge in [0, 0.05) is 10.7 Å². The van der Waals surface area contributed by atoms with Crippen LogP contribution in [0.4, 0.5) is 10.1 Å². The monoisotopic (exact) mass is 443 g/mol. The molecule has 3 rings (SSSR count). The Hall–Kier alpha value is -3.22. The fourth-order valence-electron chi connectivity index (χ4n) is 2.60. The largest absolute Gasteiger partial charge is 0.322 e. The number of nitrogens with zero attached hydrogens (tertiary/aromatic N) is 1. The Balaban J connectivity index is 1.72. The molecule has 3 aromatic carbocycles. The molecular weight excluding hydrogens is 428 g/mol. The lowest BCUT2D eigenvalue weighted by atomic mass is 10.1. The van der Waals surface area contributed by atoms with Gasteiger partial charge in [0.1, 0.15) is 5.82 Å². The third-order valence-corrected chi connectivity index (χ3v) is 4.71. The molecule has 0 fully saturated rings. The normalized spacial score (nSPS) is 11.1. The van der Waals surface area contributed by atoms with Crippen LogP contribution in [0.2, 0.25) is 10.0 Å². The molecule has 0 radical (unpaired) electrons. The first-order chi connectivity index (χ1) is 14.3. The minimum Gasteiger partial charge on any atom is -0.322 e. The number of carbonyl (C=O) groups excluding carboxylic acids is 2. The van der Waals surface area contributed by atoms with E-state index in [9.17, 15) is 14.0 Å². The first-order valence-electron chi connectivity index (χ1n) is 8.81. The topological polar surface area (TPSA) is 70.6 Å². The maximum absolute atomic E-state index is 13.7. The highest BCUT2D eigenvalue weighted by Gasteiger charge is 2.12. The predicted molar refractivity (Wildman–Crippen MR) is 117 cm³/mol. The highest BCUT2D eigenvalue weighted by molar-refractivity contribution is 6.37. The van der Waals surface area contributed by atoms with Gasteiger partial charge in [0.05, 0.1) is 21.9 Å². The van der Waals surface area contributed by atoms with Crippen LogP contribution in [0, 0.1) is 5.82 Å². The van der Waals surface area contributed by atoms with E-state index in [0.717, 1.165) is 0 Å². The van der Waals surface area contributed by atoms with E-state index in [0.29, 0.717) is 22.0 Å². The number of hydrazone groups is 1. The summed E-state index contributed by atoms with van der Waals surface area (Å²) < 4.78 is 13.7. The number of anilines is 1. The molecule has 0 unspecified atom stereocenters. The third-order valence-electron chi connectivity index (χ3n) is 4.16. The van der Waals surface area contributed by atoms with Gasteiger partial charge in [0.2, 0.25) is 0 Å². The molecule has 8 heteroatoms. The molecule has 0 spiro atoms. The van der Waals surface area contributed by atoms with E-state index in [1.807, 2.05) is 0 Å². The number of benzene rings is 3. The average molecular weight is 444 g/mol. The zero-order chi connectivity index (χ0) is 21.7. The summed E-state index contributed by atoms with van der Waals surface area (Å²) in [4.78, 5) is 24.6. The van der Waals surface area contributed by atoms with Crippen molar-refractivity contribution in [3.63, 3.8) is 0 Å². The number of halogens is 3. The van der Waals surface area contributed by atoms with Crippen LogP contribution in [-0.2, 0) is 0 Å². The molecule has 3 aromatic rings. The van der Waals surface area contributed by atoms with Crippen LogP contribution in [0.3, 0.4) is 0 Å². The Morgan fingerprint density at radius 2 is 1.67 bits per heavy atom. The molecule has 0 saturated heterocycles. The predicted octanol–water partition coefficient (Wildman–Crippen LogP) is 5.54. The Morgan fingerprint density at radius 1 is 0.900 bits per heavy atom. The highest BCUT2D eigenvalue weighted by Crippen LogP contribution is 2.22. The molecule has 0 bridgehead atoms. The molecule has 5 nitrogen and oxygen atoms in total. The van der Waals surface area contributed by atoms with Crippen molar-refractivity contribution >= 4 is 46.4 Å². The third kappa shape index (κ3) is 5.23. The van der Waals surface area contributed by atoms with E-state index in [-0.39, 0.29) is 16.1 Å². The van der Waals surface area contributed by atoms with Crippen molar-refractivity contribution in [1.82, 2.24) is 5.43 Å². The first-order valence-corrected chi connectivity index (χ1v) is 9.57. The molecule has 152 valence electrons. The molecule has 2 amide bonds. The lowest BCUT2D eigenvalue weighted by molar-refractivity contribution is 0.0950. The number of nitrogens with one attached hydrogen (secondary N) is 2. The van der Waals surface area contributed by atoms with Crippen LogP contribution >= 0.6 is 23.2 Å². The van der Waals surface area contributed by atoms with E-state index in [1.165, 1.54) is 30.3 Å². The second-order valence-corrected chi connectivity index (χ2v) is 7.12. The van der Waals surface area contributed by atoms with Crippen molar-refractivity contribution in [3.05, 3.63) is 99.3 Å². The molecule has 30 heavy (non-hydrogen) atoms. The second kappa shape index (κ2) is 9.52. The highest BCUT2D eigenvalue weighted by atomic mass is 35.5. The Bertz CT molecular complexity index is 1150. The maximum Gasteiger partial charge on any atom is 0.274 e. The summed E-state index contributed by atoms with van der Waals surface area (Å²) in [5, 5.41) is 7.44.